The van der Waals surface area contributed by atoms with Crippen molar-refractivity contribution < 1.29 is 9.59 Å². The van der Waals surface area contributed by atoms with E-state index >= 15 is 0 Å². The number of ketones is 2. The van der Waals surface area contributed by atoms with Crippen molar-refractivity contribution in [3.8, 4) is 0 Å². The molecule has 18 heavy (non-hydrogen) atoms. The molecule has 5 heteroatoms. The number of rotatable bonds is 0. The SMILES string of the molecule is Cc1cnc2c(c1)C(=O)c1nccc(I)c1C2=O. The van der Waals surface area contributed by atoms with Crippen LogP contribution in [0.3, 0.4) is 0 Å². The highest BCUT2D eigenvalue weighted by molar-refractivity contribution is 14.1. The average Bonchev–Trinajstić information content (AvgIpc) is 2.35. The first-order chi connectivity index (χ1) is 8.59. The molecule has 0 fully saturated rings. The van der Waals surface area contributed by atoms with E-state index < -0.39 is 0 Å². The predicted octanol–water partition coefficient (Wildman–Crippen LogP) is 2.17. The molecule has 3 rings (SSSR count). The molecule has 2 aromatic heterocycles. The van der Waals surface area contributed by atoms with Gasteiger partial charge in [-0.15, -0.1) is 0 Å². The van der Waals surface area contributed by atoms with E-state index in [1.54, 1.807) is 24.5 Å². The van der Waals surface area contributed by atoms with Crippen LogP contribution in [0.2, 0.25) is 0 Å². The number of pyridine rings is 2. The second-order valence-corrected chi connectivity index (χ2v) is 5.25. The lowest BCUT2D eigenvalue weighted by molar-refractivity contribution is 0.0971. The summed E-state index contributed by atoms with van der Waals surface area (Å²) in [6.45, 7) is 1.84. The van der Waals surface area contributed by atoms with Gasteiger partial charge in [-0.05, 0) is 47.2 Å². The van der Waals surface area contributed by atoms with Gasteiger partial charge in [0.2, 0.25) is 11.6 Å². The van der Waals surface area contributed by atoms with Gasteiger partial charge in [-0.25, -0.2) is 0 Å². The maximum Gasteiger partial charge on any atom is 0.215 e. The van der Waals surface area contributed by atoms with Crippen LogP contribution < -0.4 is 0 Å². The van der Waals surface area contributed by atoms with Crippen molar-refractivity contribution in [2.75, 3.05) is 0 Å². The topological polar surface area (TPSA) is 59.9 Å². The van der Waals surface area contributed by atoms with Gasteiger partial charge in [-0.3, -0.25) is 19.6 Å². The fourth-order valence-corrected chi connectivity index (χ4v) is 2.66. The van der Waals surface area contributed by atoms with Gasteiger partial charge >= 0.3 is 0 Å². The number of halogens is 1. The van der Waals surface area contributed by atoms with E-state index in [4.69, 9.17) is 0 Å². The molecule has 1 aliphatic carbocycles. The molecule has 4 nitrogen and oxygen atoms in total. The van der Waals surface area contributed by atoms with E-state index in [2.05, 4.69) is 9.97 Å². The summed E-state index contributed by atoms with van der Waals surface area (Å²) in [7, 11) is 0. The lowest BCUT2D eigenvalue weighted by Gasteiger charge is -2.16. The molecule has 0 bridgehead atoms. The van der Waals surface area contributed by atoms with E-state index in [1.807, 2.05) is 29.5 Å². The molecular weight excluding hydrogens is 343 g/mol. The molecule has 0 unspecified atom stereocenters. The molecule has 0 aromatic carbocycles. The van der Waals surface area contributed by atoms with Crippen LogP contribution in [0.25, 0.3) is 0 Å². The highest BCUT2D eigenvalue weighted by Gasteiger charge is 2.33. The minimum Gasteiger partial charge on any atom is -0.287 e. The van der Waals surface area contributed by atoms with Gasteiger partial charge in [-0.1, -0.05) is 0 Å². The summed E-state index contributed by atoms with van der Waals surface area (Å²) in [5.74, 6) is -0.452. The monoisotopic (exact) mass is 350 g/mol. The van der Waals surface area contributed by atoms with Crippen molar-refractivity contribution in [3.05, 3.63) is 56.2 Å². The summed E-state index contributed by atoms with van der Waals surface area (Å²) in [5.41, 5.74) is 2.02. The van der Waals surface area contributed by atoms with E-state index in [1.165, 1.54) is 0 Å². The number of fused-ring (bicyclic) bond motifs is 2. The molecule has 88 valence electrons. The first kappa shape index (κ1) is 11.5. The molecule has 1 aliphatic rings. The van der Waals surface area contributed by atoms with Gasteiger partial charge in [0.1, 0.15) is 11.4 Å². The van der Waals surface area contributed by atoms with Gasteiger partial charge in [0.05, 0.1) is 11.1 Å². The summed E-state index contributed by atoms with van der Waals surface area (Å²) < 4.78 is 0.726. The fourth-order valence-electron chi connectivity index (χ4n) is 2.00. The normalized spacial score (nSPS) is 13.2. The Labute approximate surface area is 117 Å². The molecule has 0 atom stereocenters. The van der Waals surface area contributed by atoms with Crippen LogP contribution in [0.4, 0.5) is 0 Å². The van der Waals surface area contributed by atoms with Crippen LogP contribution in [0, 0.1) is 10.5 Å². The largest absolute Gasteiger partial charge is 0.287 e. The molecule has 0 amide bonds. The summed E-state index contributed by atoms with van der Waals surface area (Å²) in [4.78, 5) is 32.8. The maximum atomic E-state index is 12.3. The van der Waals surface area contributed by atoms with Crippen LogP contribution in [0.5, 0.6) is 0 Å². The number of aromatic nitrogens is 2. The number of nitrogens with zero attached hydrogens (tertiary/aromatic N) is 2. The Morgan fingerprint density at radius 1 is 1.11 bits per heavy atom. The van der Waals surface area contributed by atoms with Gasteiger partial charge in [0.25, 0.3) is 0 Å². The molecule has 2 aromatic rings. The van der Waals surface area contributed by atoms with Crippen molar-refractivity contribution in [1.82, 2.24) is 9.97 Å². The minimum absolute atomic E-state index is 0.225. The van der Waals surface area contributed by atoms with E-state index in [-0.39, 0.29) is 23.0 Å². The molecule has 0 radical (unpaired) electrons. The molecular formula is C13H7IN2O2. The predicted molar refractivity (Wildman–Crippen MR) is 72.8 cm³/mol. The molecule has 0 spiro atoms. The number of carbonyl (C=O) groups excluding carboxylic acids is 2. The van der Waals surface area contributed by atoms with Crippen LogP contribution in [0.1, 0.15) is 37.7 Å². The summed E-state index contributed by atoms with van der Waals surface area (Å²) in [6.07, 6.45) is 3.14. The Balaban J connectivity index is 2.35. The number of aryl methyl sites for hydroxylation is 1. The fraction of sp³-hybridized carbons (Fsp3) is 0.0769. The van der Waals surface area contributed by atoms with Crippen molar-refractivity contribution in [1.29, 1.82) is 0 Å². The van der Waals surface area contributed by atoms with Crippen LogP contribution in [0.15, 0.2) is 24.5 Å². The average molecular weight is 350 g/mol. The van der Waals surface area contributed by atoms with E-state index in [9.17, 15) is 9.59 Å². The van der Waals surface area contributed by atoms with Crippen LogP contribution >= 0.6 is 22.6 Å². The van der Waals surface area contributed by atoms with Gasteiger partial charge in [0, 0.05) is 16.0 Å². The zero-order chi connectivity index (χ0) is 12.9. The first-order valence-electron chi connectivity index (χ1n) is 5.30. The zero-order valence-corrected chi connectivity index (χ0v) is 11.6. The second-order valence-electron chi connectivity index (χ2n) is 4.08. The lowest BCUT2D eigenvalue weighted by atomic mass is 9.90. The van der Waals surface area contributed by atoms with Crippen molar-refractivity contribution >= 4 is 34.2 Å². The third kappa shape index (κ3) is 1.50. The smallest absolute Gasteiger partial charge is 0.215 e. The lowest BCUT2D eigenvalue weighted by Crippen LogP contribution is -2.24. The quantitative estimate of drug-likeness (QED) is 0.583. The number of hydrogen-bond acceptors (Lipinski definition) is 4. The number of hydrogen-bond donors (Lipinski definition) is 0. The minimum atomic E-state index is -0.227. The molecule has 0 saturated carbocycles. The van der Waals surface area contributed by atoms with E-state index in [0.717, 1.165) is 9.13 Å². The van der Waals surface area contributed by atoms with Crippen molar-refractivity contribution in [2.45, 2.75) is 6.92 Å². The highest BCUT2D eigenvalue weighted by atomic mass is 127. The number of carbonyl (C=O) groups is 2. The van der Waals surface area contributed by atoms with E-state index in [0.29, 0.717) is 11.1 Å². The van der Waals surface area contributed by atoms with Gasteiger partial charge < -0.3 is 0 Å². The second kappa shape index (κ2) is 3.94. The van der Waals surface area contributed by atoms with Gasteiger partial charge in [0.15, 0.2) is 0 Å². The van der Waals surface area contributed by atoms with Crippen molar-refractivity contribution in [3.63, 3.8) is 0 Å². The Kier molecular flexibility index (Phi) is 2.51. The Bertz CT molecular complexity index is 706. The Morgan fingerprint density at radius 2 is 1.89 bits per heavy atom. The first-order valence-corrected chi connectivity index (χ1v) is 6.38. The molecule has 0 aliphatic heterocycles. The standard InChI is InChI=1S/C13H7IN2O2/c1-6-4-7-10(16-5-6)13(18)9-8(14)2-3-15-11(9)12(7)17/h2-5H,1H3. The summed E-state index contributed by atoms with van der Waals surface area (Å²) in [5, 5.41) is 0. The highest BCUT2D eigenvalue weighted by Crippen LogP contribution is 2.27. The molecule has 0 N–H and O–H groups in total. The molecule has 0 saturated heterocycles. The Hall–Kier alpha value is -1.63. The van der Waals surface area contributed by atoms with Gasteiger partial charge in [-0.2, -0.15) is 0 Å². The Morgan fingerprint density at radius 3 is 2.67 bits per heavy atom. The molecule has 2 heterocycles. The van der Waals surface area contributed by atoms with Crippen LogP contribution in [-0.2, 0) is 0 Å². The van der Waals surface area contributed by atoms with Crippen LogP contribution in [-0.4, -0.2) is 21.5 Å². The summed E-state index contributed by atoms with van der Waals surface area (Å²) in [6, 6.07) is 3.40. The maximum absolute atomic E-state index is 12.3. The zero-order valence-electron chi connectivity index (χ0n) is 9.40. The third-order valence-corrected chi connectivity index (χ3v) is 3.73. The summed E-state index contributed by atoms with van der Waals surface area (Å²) >= 11 is 2.03. The third-order valence-electron chi connectivity index (χ3n) is 2.83. The van der Waals surface area contributed by atoms with Crippen molar-refractivity contribution in [2.24, 2.45) is 0 Å².